The highest BCUT2D eigenvalue weighted by Crippen LogP contribution is 2.47. The lowest BCUT2D eigenvalue weighted by molar-refractivity contribution is 0.0187. The van der Waals surface area contributed by atoms with Gasteiger partial charge in [-0.25, -0.2) is 0 Å². The highest BCUT2D eigenvalue weighted by atomic mass is 16.3. The van der Waals surface area contributed by atoms with Gasteiger partial charge in [0.1, 0.15) is 12.2 Å². The molecule has 1 aliphatic carbocycles. The van der Waals surface area contributed by atoms with Crippen LogP contribution in [-0.2, 0) is 0 Å². The van der Waals surface area contributed by atoms with Crippen molar-refractivity contribution in [2.75, 3.05) is 0 Å². The zero-order valence-corrected chi connectivity index (χ0v) is 11.8. The highest BCUT2D eigenvalue weighted by Gasteiger charge is 2.31. The molecule has 0 radical (unpaired) electrons. The van der Waals surface area contributed by atoms with Gasteiger partial charge in [-0.3, -0.25) is 0 Å². The predicted octanol–water partition coefficient (Wildman–Crippen LogP) is 4.23. The molecule has 0 aliphatic heterocycles. The van der Waals surface area contributed by atoms with Gasteiger partial charge in [-0.2, -0.15) is 0 Å². The van der Waals surface area contributed by atoms with E-state index in [-0.39, 0.29) is 0 Å². The van der Waals surface area contributed by atoms with Crippen LogP contribution in [-0.4, -0.2) is 10.2 Å². The first-order valence-corrected chi connectivity index (χ1v) is 7.49. The fourth-order valence-corrected chi connectivity index (χ4v) is 3.89. The normalized spacial score (nSPS) is 20.3. The molecule has 0 unspecified atom stereocenters. The molecule has 0 heterocycles. The Bertz CT molecular complexity index is 1070. The van der Waals surface area contributed by atoms with Crippen molar-refractivity contribution in [1.82, 2.24) is 0 Å². The molecule has 4 aromatic rings. The number of benzene rings is 4. The molecule has 2 atom stereocenters. The first-order valence-electron chi connectivity index (χ1n) is 7.49. The molecule has 0 aromatic heterocycles. The van der Waals surface area contributed by atoms with Gasteiger partial charge in [-0.15, -0.1) is 0 Å². The van der Waals surface area contributed by atoms with Crippen LogP contribution >= 0.6 is 0 Å². The maximum atomic E-state index is 10.7. The first-order chi connectivity index (χ1) is 10.8. The van der Waals surface area contributed by atoms with Crippen LogP contribution in [0.15, 0.2) is 60.7 Å². The molecule has 2 heteroatoms. The average molecular weight is 286 g/mol. The summed E-state index contributed by atoms with van der Waals surface area (Å²) in [5.74, 6) is 0. The lowest BCUT2D eigenvalue weighted by atomic mass is 9.80. The summed E-state index contributed by atoms with van der Waals surface area (Å²) in [6, 6.07) is 20.3. The lowest BCUT2D eigenvalue weighted by Crippen LogP contribution is -2.15. The SMILES string of the molecule is O[C@@H]1c2cccc3ccc4cc5ccccc5c(c4c23)[C@@H]1O. The zero-order chi connectivity index (χ0) is 14.8. The van der Waals surface area contributed by atoms with Gasteiger partial charge >= 0.3 is 0 Å². The highest BCUT2D eigenvalue weighted by molar-refractivity contribution is 6.17. The second-order valence-electron chi connectivity index (χ2n) is 6.01. The summed E-state index contributed by atoms with van der Waals surface area (Å²) in [4.78, 5) is 0. The van der Waals surface area contributed by atoms with Gasteiger partial charge in [-0.1, -0.05) is 54.6 Å². The Morgan fingerprint density at radius 3 is 2.32 bits per heavy atom. The van der Waals surface area contributed by atoms with E-state index in [1.165, 1.54) is 0 Å². The first kappa shape index (κ1) is 12.2. The molecule has 1 aliphatic rings. The zero-order valence-electron chi connectivity index (χ0n) is 11.8. The fraction of sp³-hybridized carbons (Fsp3) is 0.100. The summed E-state index contributed by atoms with van der Waals surface area (Å²) in [5, 5.41) is 27.8. The van der Waals surface area contributed by atoms with Crippen LogP contribution in [0, 0.1) is 0 Å². The smallest absolute Gasteiger partial charge is 0.110 e. The molecule has 0 saturated heterocycles. The second-order valence-corrected chi connectivity index (χ2v) is 6.01. The van der Waals surface area contributed by atoms with Crippen molar-refractivity contribution >= 4 is 32.3 Å². The molecule has 5 rings (SSSR count). The van der Waals surface area contributed by atoms with Crippen LogP contribution in [0.3, 0.4) is 0 Å². The van der Waals surface area contributed by atoms with E-state index < -0.39 is 12.2 Å². The molecule has 0 fully saturated rings. The van der Waals surface area contributed by atoms with Crippen molar-refractivity contribution in [2.45, 2.75) is 12.2 Å². The Morgan fingerprint density at radius 2 is 1.41 bits per heavy atom. The molecular weight excluding hydrogens is 272 g/mol. The molecule has 106 valence electrons. The van der Waals surface area contributed by atoms with E-state index in [0.29, 0.717) is 0 Å². The van der Waals surface area contributed by atoms with E-state index in [1.54, 1.807) is 0 Å². The van der Waals surface area contributed by atoms with Gasteiger partial charge in [0.2, 0.25) is 0 Å². The van der Waals surface area contributed by atoms with E-state index >= 15 is 0 Å². The Kier molecular flexibility index (Phi) is 2.25. The average Bonchev–Trinajstić information content (AvgIpc) is 2.56. The van der Waals surface area contributed by atoms with Gasteiger partial charge < -0.3 is 10.2 Å². The van der Waals surface area contributed by atoms with E-state index in [0.717, 1.165) is 43.4 Å². The molecule has 4 aromatic carbocycles. The van der Waals surface area contributed by atoms with Gasteiger partial charge in [0.15, 0.2) is 0 Å². The maximum absolute atomic E-state index is 10.7. The van der Waals surface area contributed by atoms with Crippen LogP contribution in [0.2, 0.25) is 0 Å². The fourth-order valence-electron chi connectivity index (χ4n) is 3.89. The van der Waals surface area contributed by atoms with Crippen LogP contribution in [0.5, 0.6) is 0 Å². The minimum absolute atomic E-state index is 0.818. The monoisotopic (exact) mass is 286 g/mol. The Balaban J connectivity index is 2.17. The van der Waals surface area contributed by atoms with Crippen LogP contribution in [0.1, 0.15) is 23.3 Å². The summed E-state index contributed by atoms with van der Waals surface area (Å²) in [7, 11) is 0. The third-order valence-corrected chi connectivity index (χ3v) is 4.85. The van der Waals surface area contributed by atoms with Crippen molar-refractivity contribution in [3.63, 3.8) is 0 Å². The predicted molar refractivity (Wildman–Crippen MR) is 88.9 cm³/mol. The van der Waals surface area contributed by atoms with Gasteiger partial charge in [0, 0.05) is 0 Å². The number of aliphatic hydroxyl groups excluding tert-OH is 2. The second kappa shape index (κ2) is 4.07. The molecular formula is C20H14O2. The quantitative estimate of drug-likeness (QED) is 0.375. The van der Waals surface area contributed by atoms with Crippen LogP contribution in [0.25, 0.3) is 32.3 Å². The number of hydrogen-bond donors (Lipinski definition) is 2. The minimum atomic E-state index is -0.894. The van der Waals surface area contributed by atoms with E-state index in [4.69, 9.17) is 0 Å². The van der Waals surface area contributed by atoms with Crippen molar-refractivity contribution in [3.8, 4) is 0 Å². The van der Waals surface area contributed by atoms with Crippen molar-refractivity contribution in [3.05, 3.63) is 71.8 Å². The summed E-state index contributed by atoms with van der Waals surface area (Å²) < 4.78 is 0. The largest absolute Gasteiger partial charge is 0.385 e. The molecule has 2 nitrogen and oxygen atoms in total. The number of rotatable bonds is 0. The summed E-state index contributed by atoms with van der Waals surface area (Å²) >= 11 is 0. The number of aliphatic hydroxyl groups is 2. The van der Waals surface area contributed by atoms with Crippen molar-refractivity contribution in [1.29, 1.82) is 0 Å². The third-order valence-electron chi connectivity index (χ3n) is 4.85. The van der Waals surface area contributed by atoms with Crippen molar-refractivity contribution < 1.29 is 10.2 Å². The third kappa shape index (κ3) is 1.36. The molecule has 22 heavy (non-hydrogen) atoms. The van der Waals surface area contributed by atoms with Gasteiger partial charge in [0.25, 0.3) is 0 Å². The maximum Gasteiger partial charge on any atom is 0.110 e. The molecule has 0 spiro atoms. The van der Waals surface area contributed by atoms with E-state index in [2.05, 4.69) is 30.3 Å². The van der Waals surface area contributed by atoms with Crippen molar-refractivity contribution in [2.24, 2.45) is 0 Å². The Morgan fingerprint density at radius 1 is 0.636 bits per heavy atom. The van der Waals surface area contributed by atoms with Gasteiger partial charge in [0.05, 0.1) is 0 Å². The molecule has 0 saturated carbocycles. The summed E-state index contributed by atoms with van der Waals surface area (Å²) in [6.45, 7) is 0. The number of fused-ring (bicyclic) bond motifs is 2. The van der Waals surface area contributed by atoms with Gasteiger partial charge in [-0.05, 0) is 49.5 Å². The Hall–Kier alpha value is -2.42. The molecule has 2 N–H and O–H groups in total. The van der Waals surface area contributed by atoms with E-state index in [9.17, 15) is 10.2 Å². The molecule has 0 amide bonds. The Labute approximate surface area is 127 Å². The lowest BCUT2D eigenvalue weighted by Gasteiger charge is -2.29. The van der Waals surface area contributed by atoms with Crippen LogP contribution < -0.4 is 0 Å². The minimum Gasteiger partial charge on any atom is -0.385 e. The number of hydrogen-bond acceptors (Lipinski definition) is 2. The standard InChI is InChI=1S/C20H14O2/c21-19-15-7-3-5-11-8-9-13-10-12-4-1-2-6-14(12)18(20(19)22)17(13)16(11)15/h1-10,19-22H/t19-,20+/m1/s1. The summed E-state index contributed by atoms with van der Waals surface area (Å²) in [6.07, 6.45) is -1.78. The topological polar surface area (TPSA) is 40.5 Å². The van der Waals surface area contributed by atoms with E-state index in [1.807, 2.05) is 30.3 Å². The van der Waals surface area contributed by atoms with Crippen LogP contribution in [0.4, 0.5) is 0 Å². The summed E-state index contributed by atoms with van der Waals surface area (Å²) in [5.41, 5.74) is 1.67. The molecule has 0 bridgehead atoms.